The second-order valence-corrected chi connectivity index (χ2v) is 6.92. The molecule has 5 nitrogen and oxygen atoms in total. The van der Waals surface area contributed by atoms with Gasteiger partial charge in [0, 0.05) is 37.9 Å². The standard InChI is InChI=1S/C20H23FN4O/c1-24(14-16-5-2-3-10-22-16)17-6-4-11-25(12-9-17)20-23-18-13-15(21)7-8-19(18)26-20/h2-3,5,7-8,10,13,17H,4,6,9,11-12,14H2,1H3. The van der Waals surface area contributed by atoms with Crippen LogP contribution in [0.4, 0.5) is 10.4 Å². The fourth-order valence-corrected chi connectivity index (χ4v) is 3.61. The van der Waals surface area contributed by atoms with Crippen LogP contribution in [0.3, 0.4) is 0 Å². The highest BCUT2D eigenvalue weighted by Gasteiger charge is 2.23. The first kappa shape index (κ1) is 17.0. The van der Waals surface area contributed by atoms with E-state index in [0.717, 1.165) is 44.6 Å². The molecule has 0 bridgehead atoms. The van der Waals surface area contributed by atoms with Gasteiger partial charge in [-0.1, -0.05) is 6.07 Å². The first-order valence-corrected chi connectivity index (χ1v) is 9.10. The van der Waals surface area contributed by atoms with E-state index in [1.807, 2.05) is 18.3 Å². The Morgan fingerprint density at radius 1 is 1.23 bits per heavy atom. The molecule has 0 N–H and O–H groups in total. The Hall–Kier alpha value is -2.47. The molecule has 1 atom stereocenters. The second kappa shape index (κ2) is 7.41. The van der Waals surface area contributed by atoms with E-state index < -0.39 is 0 Å². The molecular weight excluding hydrogens is 331 g/mol. The van der Waals surface area contributed by atoms with E-state index in [-0.39, 0.29) is 5.82 Å². The summed E-state index contributed by atoms with van der Waals surface area (Å²) >= 11 is 0. The maximum atomic E-state index is 13.4. The number of anilines is 1. The van der Waals surface area contributed by atoms with Crippen LogP contribution in [0.1, 0.15) is 25.0 Å². The molecule has 3 heterocycles. The maximum Gasteiger partial charge on any atom is 0.298 e. The topological polar surface area (TPSA) is 45.4 Å². The predicted octanol–water partition coefficient (Wildman–Crippen LogP) is 3.85. The maximum absolute atomic E-state index is 13.4. The van der Waals surface area contributed by atoms with Gasteiger partial charge in [0.05, 0.1) is 5.69 Å². The zero-order valence-electron chi connectivity index (χ0n) is 14.9. The molecule has 1 unspecified atom stereocenters. The number of pyridine rings is 1. The van der Waals surface area contributed by atoms with Gasteiger partial charge in [0.1, 0.15) is 11.3 Å². The summed E-state index contributed by atoms with van der Waals surface area (Å²) in [6.07, 6.45) is 5.09. The summed E-state index contributed by atoms with van der Waals surface area (Å²) in [5, 5.41) is 0. The van der Waals surface area contributed by atoms with Gasteiger partial charge < -0.3 is 9.32 Å². The molecule has 136 valence electrons. The Morgan fingerprint density at radius 3 is 3.00 bits per heavy atom. The van der Waals surface area contributed by atoms with E-state index in [0.29, 0.717) is 23.2 Å². The highest BCUT2D eigenvalue weighted by molar-refractivity contribution is 5.74. The average molecular weight is 354 g/mol. The SMILES string of the molecule is CN(Cc1ccccn1)C1CCCN(c2nc3cc(F)ccc3o2)CC1. The van der Waals surface area contributed by atoms with Crippen molar-refractivity contribution in [3.8, 4) is 0 Å². The minimum atomic E-state index is -0.288. The Bertz CT molecular complexity index is 867. The van der Waals surface area contributed by atoms with Crippen LogP contribution in [0.5, 0.6) is 0 Å². The highest BCUT2D eigenvalue weighted by Crippen LogP contribution is 2.26. The molecular formula is C20H23FN4O. The highest BCUT2D eigenvalue weighted by atomic mass is 19.1. The minimum absolute atomic E-state index is 0.288. The lowest BCUT2D eigenvalue weighted by molar-refractivity contribution is 0.214. The normalized spacial score (nSPS) is 18.4. The molecule has 1 fully saturated rings. The summed E-state index contributed by atoms with van der Waals surface area (Å²) in [7, 11) is 2.16. The number of oxazole rings is 1. The van der Waals surface area contributed by atoms with Gasteiger partial charge >= 0.3 is 0 Å². The molecule has 0 radical (unpaired) electrons. The quantitative estimate of drug-likeness (QED) is 0.712. The van der Waals surface area contributed by atoms with Gasteiger partial charge in [0.2, 0.25) is 0 Å². The third kappa shape index (κ3) is 3.70. The van der Waals surface area contributed by atoms with E-state index in [1.54, 1.807) is 6.07 Å². The van der Waals surface area contributed by atoms with E-state index in [1.165, 1.54) is 12.1 Å². The van der Waals surface area contributed by atoms with Crippen LogP contribution >= 0.6 is 0 Å². The van der Waals surface area contributed by atoms with Gasteiger partial charge in [-0.3, -0.25) is 9.88 Å². The molecule has 0 spiro atoms. The Balaban J connectivity index is 1.42. The molecule has 6 heteroatoms. The third-order valence-corrected chi connectivity index (χ3v) is 5.07. The van der Waals surface area contributed by atoms with Gasteiger partial charge in [-0.25, -0.2) is 4.39 Å². The van der Waals surface area contributed by atoms with Gasteiger partial charge in [0.15, 0.2) is 5.58 Å². The van der Waals surface area contributed by atoms with Crippen LogP contribution in [0.25, 0.3) is 11.1 Å². The second-order valence-electron chi connectivity index (χ2n) is 6.92. The lowest BCUT2D eigenvalue weighted by atomic mass is 10.1. The number of halogens is 1. The van der Waals surface area contributed by atoms with Crippen molar-refractivity contribution in [1.82, 2.24) is 14.9 Å². The molecule has 1 aromatic carbocycles. The number of rotatable bonds is 4. The molecule has 1 aliphatic rings. The summed E-state index contributed by atoms with van der Waals surface area (Å²) in [6, 6.07) is 11.6. The summed E-state index contributed by atoms with van der Waals surface area (Å²) in [5.41, 5.74) is 2.31. The third-order valence-electron chi connectivity index (χ3n) is 5.07. The van der Waals surface area contributed by atoms with Crippen LogP contribution in [0, 0.1) is 5.82 Å². The molecule has 4 rings (SSSR count). The number of benzene rings is 1. The zero-order chi connectivity index (χ0) is 17.9. The largest absolute Gasteiger partial charge is 0.423 e. The molecule has 0 saturated carbocycles. The average Bonchev–Trinajstić information content (AvgIpc) is 2.90. The number of nitrogens with zero attached hydrogens (tertiary/aromatic N) is 4. The molecule has 0 aliphatic carbocycles. The fourth-order valence-electron chi connectivity index (χ4n) is 3.61. The van der Waals surface area contributed by atoms with Gasteiger partial charge in [-0.05, 0) is 50.6 Å². The van der Waals surface area contributed by atoms with E-state index in [2.05, 4.69) is 32.9 Å². The minimum Gasteiger partial charge on any atom is -0.423 e. The molecule has 26 heavy (non-hydrogen) atoms. The first-order valence-electron chi connectivity index (χ1n) is 9.10. The predicted molar refractivity (Wildman–Crippen MR) is 99.5 cm³/mol. The Labute approximate surface area is 152 Å². The first-order chi connectivity index (χ1) is 12.7. The number of aromatic nitrogens is 2. The Morgan fingerprint density at radius 2 is 2.15 bits per heavy atom. The monoisotopic (exact) mass is 354 g/mol. The number of hydrogen-bond acceptors (Lipinski definition) is 5. The summed E-state index contributed by atoms with van der Waals surface area (Å²) < 4.78 is 19.2. The summed E-state index contributed by atoms with van der Waals surface area (Å²) in [6.45, 7) is 2.64. The van der Waals surface area contributed by atoms with Crippen molar-refractivity contribution in [2.24, 2.45) is 0 Å². The molecule has 2 aromatic heterocycles. The molecule has 1 aliphatic heterocycles. The van der Waals surface area contributed by atoms with Crippen LogP contribution in [-0.4, -0.2) is 41.0 Å². The van der Waals surface area contributed by atoms with Crippen LogP contribution in [0.2, 0.25) is 0 Å². The van der Waals surface area contributed by atoms with Gasteiger partial charge in [-0.2, -0.15) is 4.98 Å². The van der Waals surface area contributed by atoms with Crippen molar-refractivity contribution in [1.29, 1.82) is 0 Å². The van der Waals surface area contributed by atoms with Crippen molar-refractivity contribution < 1.29 is 8.81 Å². The van der Waals surface area contributed by atoms with E-state index in [9.17, 15) is 4.39 Å². The van der Waals surface area contributed by atoms with Crippen LogP contribution in [-0.2, 0) is 6.54 Å². The molecule has 0 amide bonds. The van der Waals surface area contributed by atoms with E-state index in [4.69, 9.17) is 4.42 Å². The van der Waals surface area contributed by atoms with Crippen molar-refractivity contribution in [2.45, 2.75) is 31.8 Å². The fraction of sp³-hybridized carbons (Fsp3) is 0.400. The van der Waals surface area contributed by atoms with E-state index >= 15 is 0 Å². The number of hydrogen-bond donors (Lipinski definition) is 0. The summed E-state index contributed by atoms with van der Waals surface area (Å²) in [5.74, 6) is -0.288. The van der Waals surface area contributed by atoms with Crippen molar-refractivity contribution in [3.63, 3.8) is 0 Å². The lowest BCUT2D eigenvalue weighted by Crippen LogP contribution is -2.33. The smallest absolute Gasteiger partial charge is 0.298 e. The molecule has 3 aromatic rings. The zero-order valence-corrected chi connectivity index (χ0v) is 14.9. The van der Waals surface area contributed by atoms with Gasteiger partial charge in [-0.15, -0.1) is 0 Å². The Kier molecular flexibility index (Phi) is 4.84. The van der Waals surface area contributed by atoms with Gasteiger partial charge in [0.25, 0.3) is 6.01 Å². The summed E-state index contributed by atoms with van der Waals surface area (Å²) in [4.78, 5) is 13.5. The number of fused-ring (bicyclic) bond motifs is 1. The van der Waals surface area contributed by atoms with Crippen molar-refractivity contribution >= 4 is 17.1 Å². The lowest BCUT2D eigenvalue weighted by Gasteiger charge is -2.26. The van der Waals surface area contributed by atoms with Crippen molar-refractivity contribution in [3.05, 3.63) is 54.1 Å². The molecule has 1 saturated heterocycles. The van der Waals surface area contributed by atoms with Crippen molar-refractivity contribution in [2.75, 3.05) is 25.0 Å². The van der Waals surface area contributed by atoms with Crippen LogP contribution < -0.4 is 4.90 Å². The van der Waals surface area contributed by atoms with Crippen LogP contribution in [0.15, 0.2) is 47.0 Å².